The van der Waals surface area contributed by atoms with Gasteiger partial charge < -0.3 is 14.2 Å². The fourth-order valence-corrected chi connectivity index (χ4v) is 0.831. The summed E-state index contributed by atoms with van der Waals surface area (Å²) in [5.74, 6) is -0.450. The molecule has 0 aliphatic rings. The fourth-order valence-electron chi connectivity index (χ4n) is 0.831. The van der Waals surface area contributed by atoms with Crippen LogP contribution in [-0.2, 0) is 19.0 Å². The molecule has 0 saturated heterocycles. The molecule has 15 heavy (non-hydrogen) atoms. The maximum absolute atomic E-state index is 11.2. The van der Waals surface area contributed by atoms with E-state index in [4.69, 9.17) is 14.2 Å². The fraction of sp³-hybridized carbons (Fsp3) is 0.727. The van der Waals surface area contributed by atoms with Crippen LogP contribution in [0.1, 0.15) is 26.7 Å². The van der Waals surface area contributed by atoms with Crippen LogP contribution < -0.4 is 0 Å². The predicted octanol–water partition coefficient (Wildman–Crippen LogP) is 1.89. The minimum atomic E-state index is -0.634. The lowest BCUT2D eigenvalue weighted by atomic mass is 10.3. The van der Waals surface area contributed by atoms with Crippen LogP contribution in [0.4, 0.5) is 0 Å². The average molecular weight is 216 g/mol. The van der Waals surface area contributed by atoms with Gasteiger partial charge in [0.15, 0.2) is 0 Å². The minimum Gasteiger partial charge on any atom is -0.430 e. The first-order valence-electron chi connectivity index (χ1n) is 5.08. The summed E-state index contributed by atoms with van der Waals surface area (Å²) in [6, 6.07) is 0. The third-order valence-electron chi connectivity index (χ3n) is 1.69. The van der Waals surface area contributed by atoms with Gasteiger partial charge in [0.05, 0.1) is 6.61 Å². The number of carbonyl (C=O) groups is 1. The van der Waals surface area contributed by atoms with Gasteiger partial charge >= 0.3 is 5.97 Å². The Hall–Kier alpha value is -0.870. The van der Waals surface area contributed by atoms with Crippen LogP contribution in [0.25, 0.3) is 0 Å². The number of methoxy groups -OCH3 is 1. The van der Waals surface area contributed by atoms with Crippen LogP contribution >= 0.6 is 0 Å². The molecule has 0 aliphatic carbocycles. The van der Waals surface area contributed by atoms with Gasteiger partial charge in [-0.3, -0.25) is 0 Å². The Bertz CT molecular complexity index is 201. The van der Waals surface area contributed by atoms with Crippen molar-refractivity contribution in [1.82, 2.24) is 0 Å². The molecule has 0 heterocycles. The van der Waals surface area contributed by atoms with Crippen molar-refractivity contribution in [3.05, 3.63) is 12.2 Å². The Morgan fingerprint density at radius 3 is 2.60 bits per heavy atom. The zero-order chi connectivity index (χ0) is 11.7. The minimum absolute atomic E-state index is 0.239. The molecule has 0 aromatic rings. The van der Waals surface area contributed by atoms with E-state index in [1.54, 1.807) is 6.92 Å². The second-order valence-electron chi connectivity index (χ2n) is 3.29. The molecule has 0 rings (SSSR count). The lowest BCUT2D eigenvalue weighted by Gasteiger charge is -2.17. The van der Waals surface area contributed by atoms with E-state index in [9.17, 15) is 4.79 Å². The standard InChI is InChI=1S/C11H20O4/c1-5-6-7-14-10(8-13-4)15-11(12)9(2)3/h10H,2,5-8H2,1,3-4H3. The highest BCUT2D eigenvalue weighted by molar-refractivity contribution is 5.87. The van der Waals surface area contributed by atoms with E-state index in [1.807, 2.05) is 0 Å². The second-order valence-corrected chi connectivity index (χ2v) is 3.29. The zero-order valence-electron chi connectivity index (χ0n) is 9.75. The molecule has 0 aromatic carbocycles. The largest absolute Gasteiger partial charge is 0.430 e. The van der Waals surface area contributed by atoms with Crippen LogP contribution in [0.15, 0.2) is 12.2 Å². The predicted molar refractivity (Wildman–Crippen MR) is 57.4 cm³/mol. The molecule has 0 N–H and O–H groups in total. The van der Waals surface area contributed by atoms with Crippen molar-refractivity contribution in [2.24, 2.45) is 0 Å². The molecule has 0 aromatic heterocycles. The third kappa shape index (κ3) is 7.11. The zero-order valence-corrected chi connectivity index (χ0v) is 9.75. The van der Waals surface area contributed by atoms with Crippen molar-refractivity contribution >= 4 is 5.97 Å². The van der Waals surface area contributed by atoms with E-state index in [2.05, 4.69) is 13.5 Å². The molecule has 0 fully saturated rings. The molecular formula is C11H20O4. The molecule has 4 heteroatoms. The first kappa shape index (κ1) is 14.1. The topological polar surface area (TPSA) is 44.8 Å². The van der Waals surface area contributed by atoms with Crippen molar-refractivity contribution in [2.75, 3.05) is 20.3 Å². The number of carbonyl (C=O) groups excluding carboxylic acids is 1. The maximum atomic E-state index is 11.2. The Kier molecular flexibility index (Phi) is 7.95. The maximum Gasteiger partial charge on any atom is 0.335 e. The Morgan fingerprint density at radius 1 is 1.47 bits per heavy atom. The van der Waals surface area contributed by atoms with Crippen LogP contribution in [0.2, 0.25) is 0 Å². The molecule has 0 radical (unpaired) electrons. The monoisotopic (exact) mass is 216 g/mol. The molecule has 0 amide bonds. The smallest absolute Gasteiger partial charge is 0.335 e. The highest BCUT2D eigenvalue weighted by Gasteiger charge is 2.14. The lowest BCUT2D eigenvalue weighted by Crippen LogP contribution is -2.26. The normalized spacial score (nSPS) is 12.2. The summed E-state index contributed by atoms with van der Waals surface area (Å²) >= 11 is 0. The quantitative estimate of drug-likeness (QED) is 0.269. The molecule has 88 valence electrons. The first-order valence-corrected chi connectivity index (χ1v) is 5.08. The number of hydrogen-bond acceptors (Lipinski definition) is 4. The lowest BCUT2D eigenvalue weighted by molar-refractivity contribution is -0.184. The van der Waals surface area contributed by atoms with E-state index >= 15 is 0 Å². The second kappa shape index (κ2) is 8.44. The van der Waals surface area contributed by atoms with Crippen LogP contribution in [0, 0.1) is 0 Å². The summed E-state index contributed by atoms with van der Waals surface area (Å²) in [6.07, 6.45) is 1.34. The van der Waals surface area contributed by atoms with Crippen LogP contribution in [0.5, 0.6) is 0 Å². The van der Waals surface area contributed by atoms with Crippen molar-refractivity contribution < 1.29 is 19.0 Å². The van der Waals surface area contributed by atoms with E-state index < -0.39 is 12.3 Å². The average Bonchev–Trinajstić information content (AvgIpc) is 2.18. The highest BCUT2D eigenvalue weighted by Crippen LogP contribution is 2.02. The number of rotatable bonds is 8. The summed E-state index contributed by atoms with van der Waals surface area (Å²) in [7, 11) is 1.53. The molecule has 0 bridgehead atoms. The van der Waals surface area contributed by atoms with E-state index in [1.165, 1.54) is 7.11 Å². The van der Waals surface area contributed by atoms with E-state index in [0.29, 0.717) is 12.2 Å². The summed E-state index contributed by atoms with van der Waals surface area (Å²) in [5, 5.41) is 0. The van der Waals surface area contributed by atoms with Crippen molar-refractivity contribution in [3.8, 4) is 0 Å². The van der Waals surface area contributed by atoms with E-state index in [-0.39, 0.29) is 6.61 Å². The highest BCUT2D eigenvalue weighted by atomic mass is 16.7. The van der Waals surface area contributed by atoms with Gasteiger partial charge in [0.1, 0.15) is 6.61 Å². The molecule has 0 spiro atoms. The Balaban J connectivity index is 3.91. The van der Waals surface area contributed by atoms with Gasteiger partial charge in [-0.25, -0.2) is 4.79 Å². The van der Waals surface area contributed by atoms with Crippen LogP contribution in [-0.4, -0.2) is 32.6 Å². The van der Waals surface area contributed by atoms with Crippen molar-refractivity contribution in [2.45, 2.75) is 33.0 Å². The number of esters is 1. The van der Waals surface area contributed by atoms with Gasteiger partial charge in [-0.2, -0.15) is 0 Å². The molecule has 0 aliphatic heterocycles. The van der Waals surface area contributed by atoms with Gasteiger partial charge in [-0.05, 0) is 13.3 Å². The molecule has 1 unspecified atom stereocenters. The summed E-state index contributed by atoms with van der Waals surface area (Å²) in [4.78, 5) is 11.2. The molecule has 1 atom stereocenters. The molecular weight excluding hydrogens is 196 g/mol. The number of ether oxygens (including phenoxy) is 3. The third-order valence-corrected chi connectivity index (χ3v) is 1.69. The molecule has 0 saturated carbocycles. The van der Waals surface area contributed by atoms with Gasteiger partial charge in [0.2, 0.25) is 6.29 Å². The summed E-state index contributed by atoms with van der Waals surface area (Å²) in [5.41, 5.74) is 0.357. The summed E-state index contributed by atoms with van der Waals surface area (Å²) < 4.78 is 15.2. The van der Waals surface area contributed by atoms with E-state index in [0.717, 1.165) is 12.8 Å². The summed E-state index contributed by atoms with van der Waals surface area (Å²) in [6.45, 7) is 7.96. The van der Waals surface area contributed by atoms with Crippen molar-refractivity contribution in [1.29, 1.82) is 0 Å². The Morgan fingerprint density at radius 2 is 2.13 bits per heavy atom. The Labute approximate surface area is 91.2 Å². The van der Waals surface area contributed by atoms with Crippen molar-refractivity contribution in [3.63, 3.8) is 0 Å². The van der Waals surface area contributed by atoms with Gasteiger partial charge in [0.25, 0.3) is 0 Å². The first-order chi connectivity index (χ1) is 7.11. The SMILES string of the molecule is C=C(C)C(=O)OC(COC)OCCCC. The number of unbranched alkanes of at least 4 members (excludes halogenated alkanes) is 1. The van der Waals surface area contributed by atoms with Gasteiger partial charge in [-0.15, -0.1) is 0 Å². The van der Waals surface area contributed by atoms with Gasteiger partial charge in [0, 0.05) is 12.7 Å². The molecule has 4 nitrogen and oxygen atoms in total. The number of hydrogen-bond donors (Lipinski definition) is 0. The van der Waals surface area contributed by atoms with Gasteiger partial charge in [-0.1, -0.05) is 19.9 Å². The van der Waals surface area contributed by atoms with Crippen LogP contribution in [0.3, 0.4) is 0 Å².